The molecule has 0 amide bonds. The van der Waals surface area contributed by atoms with E-state index in [-0.39, 0.29) is 0 Å². The number of methoxy groups -OCH3 is 1. The number of hydrogen-bond donors (Lipinski definition) is 0. The van der Waals surface area contributed by atoms with Gasteiger partial charge in [0.15, 0.2) is 0 Å². The van der Waals surface area contributed by atoms with Crippen LogP contribution in [0.4, 0.5) is 17.1 Å². The van der Waals surface area contributed by atoms with Crippen LogP contribution in [0.2, 0.25) is 0 Å². The molecular weight excluding hydrogens is 310 g/mol. The van der Waals surface area contributed by atoms with Crippen LogP contribution in [0.15, 0.2) is 83.0 Å². The molecule has 4 heteroatoms. The smallest absolute Gasteiger partial charge is 0.126 e. The lowest BCUT2D eigenvalue weighted by Gasteiger charge is -2.14. The Bertz CT molecular complexity index is 856. The average Bonchev–Trinajstić information content (AvgIpc) is 2.67. The molecule has 0 radical (unpaired) electrons. The zero-order valence-corrected chi connectivity index (χ0v) is 14.7. The third kappa shape index (κ3) is 4.04. The van der Waals surface area contributed by atoms with Crippen LogP contribution < -0.4 is 9.64 Å². The van der Waals surface area contributed by atoms with Gasteiger partial charge >= 0.3 is 0 Å². The molecule has 0 fully saturated rings. The molecule has 0 aliphatic heterocycles. The van der Waals surface area contributed by atoms with E-state index in [2.05, 4.69) is 39.4 Å². The number of azo groups is 1. The molecule has 0 N–H and O–H groups in total. The lowest BCUT2D eigenvalue weighted by Crippen LogP contribution is -2.07. The molecule has 3 aromatic carbocycles. The number of rotatable bonds is 5. The average molecular weight is 331 g/mol. The summed E-state index contributed by atoms with van der Waals surface area (Å²) in [5.74, 6) is 0.816. The normalized spacial score (nSPS) is 10.8. The molecule has 0 saturated heterocycles. The van der Waals surface area contributed by atoms with Crippen LogP contribution in [-0.2, 0) is 0 Å². The van der Waals surface area contributed by atoms with Crippen molar-refractivity contribution in [3.63, 3.8) is 0 Å². The lowest BCUT2D eigenvalue weighted by molar-refractivity contribution is 0.416. The van der Waals surface area contributed by atoms with Gasteiger partial charge in [-0.25, -0.2) is 0 Å². The van der Waals surface area contributed by atoms with Crippen molar-refractivity contribution < 1.29 is 4.74 Å². The number of ether oxygens (including phenoxy) is 1. The van der Waals surface area contributed by atoms with E-state index in [1.807, 2.05) is 62.6 Å². The zero-order valence-electron chi connectivity index (χ0n) is 14.7. The maximum absolute atomic E-state index is 5.51. The minimum atomic E-state index is 0.788. The monoisotopic (exact) mass is 331 g/mol. The number of nitrogens with zero attached hydrogens (tertiary/aromatic N) is 3. The summed E-state index contributed by atoms with van der Waals surface area (Å²) in [6, 6.07) is 23.9. The number of benzene rings is 3. The maximum atomic E-state index is 5.51. The second-order valence-electron chi connectivity index (χ2n) is 5.86. The molecule has 0 atom stereocenters. The quantitative estimate of drug-likeness (QED) is 0.550. The molecule has 0 spiro atoms. The Morgan fingerprint density at radius 1 is 0.760 bits per heavy atom. The minimum Gasteiger partial charge on any atom is -0.496 e. The van der Waals surface area contributed by atoms with Crippen LogP contribution in [0.25, 0.3) is 11.1 Å². The van der Waals surface area contributed by atoms with E-state index in [9.17, 15) is 0 Å². The van der Waals surface area contributed by atoms with Crippen LogP contribution in [0.5, 0.6) is 5.75 Å². The lowest BCUT2D eigenvalue weighted by atomic mass is 10.0. The van der Waals surface area contributed by atoms with E-state index >= 15 is 0 Å². The van der Waals surface area contributed by atoms with E-state index in [1.165, 1.54) is 0 Å². The summed E-state index contributed by atoms with van der Waals surface area (Å²) in [7, 11) is 5.73. The Labute approximate surface area is 148 Å². The predicted molar refractivity (Wildman–Crippen MR) is 103 cm³/mol. The highest BCUT2D eigenvalue weighted by Gasteiger charge is 2.08. The van der Waals surface area contributed by atoms with Crippen molar-refractivity contribution in [3.05, 3.63) is 72.8 Å². The van der Waals surface area contributed by atoms with Gasteiger partial charge in [-0.1, -0.05) is 30.3 Å². The van der Waals surface area contributed by atoms with Gasteiger partial charge < -0.3 is 9.64 Å². The minimum absolute atomic E-state index is 0.788. The van der Waals surface area contributed by atoms with Gasteiger partial charge in [0.2, 0.25) is 0 Å². The van der Waals surface area contributed by atoms with Crippen LogP contribution in [0.1, 0.15) is 0 Å². The highest BCUT2D eigenvalue weighted by atomic mass is 16.5. The van der Waals surface area contributed by atoms with E-state index in [0.29, 0.717) is 0 Å². The van der Waals surface area contributed by atoms with Crippen molar-refractivity contribution in [2.75, 3.05) is 26.1 Å². The Kier molecular flexibility index (Phi) is 5.09. The molecule has 126 valence electrons. The second-order valence-corrected chi connectivity index (χ2v) is 5.86. The summed E-state index contributed by atoms with van der Waals surface area (Å²) in [6.45, 7) is 0. The second kappa shape index (κ2) is 7.62. The summed E-state index contributed by atoms with van der Waals surface area (Å²) >= 11 is 0. The molecule has 0 unspecified atom stereocenters. The summed E-state index contributed by atoms with van der Waals surface area (Å²) in [5, 5.41) is 8.63. The summed E-state index contributed by atoms with van der Waals surface area (Å²) in [6.07, 6.45) is 0. The van der Waals surface area contributed by atoms with Gasteiger partial charge in [0.05, 0.1) is 18.5 Å². The SMILES string of the molecule is COc1ccc(N=Nc2ccccc2)cc1-c1ccc(N(C)C)cc1. The van der Waals surface area contributed by atoms with Gasteiger partial charge in [0, 0.05) is 25.3 Å². The third-order valence-electron chi connectivity index (χ3n) is 3.91. The molecular formula is C21H21N3O. The molecule has 0 aliphatic rings. The van der Waals surface area contributed by atoms with Gasteiger partial charge in [-0.2, -0.15) is 10.2 Å². The van der Waals surface area contributed by atoms with Gasteiger partial charge in [-0.05, 0) is 48.0 Å². The fraction of sp³-hybridized carbons (Fsp3) is 0.143. The summed E-state index contributed by atoms with van der Waals surface area (Å²) < 4.78 is 5.51. The van der Waals surface area contributed by atoms with Crippen molar-refractivity contribution in [1.82, 2.24) is 0 Å². The molecule has 25 heavy (non-hydrogen) atoms. The Hall–Kier alpha value is -3.14. The molecule has 4 nitrogen and oxygen atoms in total. The summed E-state index contributed by atoms with van der Waals surface area (Å²) in [5.41, 5.74) is 4.85. The molecule has 0 saturated carbocycles. The van der Waals surface area contributed by atoms with Crippen LogP contribution in [-0.4, -0.2) is 21.2 Å². The van der Waals surface area contributed by atoms with Crippen molar-refractivity contribution in [2.24, 2.45) is 10.2 Å². The van der Waals surface area contributed by atoms with Crippen molar-refractivity contribution in [2.45, 2.75) is 0 Å². The Morgan fingerprint density at radius 2 is 1.44 bits per heavy atom. The Balaban J connectivity index is 1.93. The molecule has 0 heterocycles. The predicted octanol–water partition coefficient (Wildman–Crippen LogP) is 5.84. The first kappa shape index (κ1) is 16.7. The van der Waals surface area contributed by atoms with Gasteiger partial charge in [-0.15, -0.1) is 0 Å². The fourth-order valence-corrected chi connectivity index (χ4v) is 2.53. The van der Waals surface area contributed by atoms with Crippen LogP contribution >= 0.6 is 0 Å². The maximum Gasteiger partial charge on any atom is 0.126 e. The van der Waals surface area contributed by atoms with Crippen molar-refractivity contribution in [1.29, 1.82) is 0 Å². The molecule has 3 aromatic rings. The van der Waals surface area contributed by atoms with E-state index in [1.54, 1.807) is 7.11 Å². The van der Waals surface area contributed by atoms with Gasteiger partial charge in [0.25, 0.3) is 0 Å². The fourth-order valence-electron chi connectivity index (χ4n) is 2.53. The standard InChI is InChI=1S/C21H21N3O/c1-24(2)19-12-9-16(10-13-19)20-15-18(11-14-21(20)25-3)23-22-17-7-5-4-6-8-17/h4-15H,1-3H3. The van der Waals surface area contributed by atoms with Gasteiger partial charge in [0.1, 0.15) is 5.75 Å². The van der Waals surface area contributed by atoms with E-state index < -0.39 is 0 Å². The molecule has 3 rings (SSSR count). The van der Waals surface area contributed by atoms with Crippen molar-refractivity contribution >= 4 is 17.1 Å². The molecule has 0 aliphatic carbocycles. The first-order chi connectivity index (χ1) is 12.2. The zero-order chi connectivity index (χ0) is 17.6. The number of hydrogen-bond acceptors (Lipinski definition) is 4. The highest BCUT2D eigenvalue weighted by molar-refractivity contribution is 5.75. The summed E-state index contributed by atoms with van der Waals surface area (Å²) in [4.78, 5) is 2.07. The largest absolute Gasteiger partial charge is 0.496 e. The number of anilines is 1. The third-order valence-corrected chi connectivity index (χ3v) is 3.91. The topological polar surface area (TPSA) is 37.2 Å². The van der Waals surface area contributed by atoms with Crippen LogP contribution in [0.3, 0.4) is 0 Å². The first-order valence-corrected chi connectivity index (χ1v) is 8.10. The van der Waals surface area contributed by atoms with E-state index in [0.717, 1.165) is 33.9 Å². The molecule has 0 bridgehead atoms. The first-order valence-electron chi connectivity index (χ1n) is 8.10. The van der Waals surface area contributed by atoms with Gasteiger partial charge in [-0.3, -0.25) is 0 Å². The Morgan fingerprint density at radius 3 is 2.08 bits per heavy atom. The van der Waals surface area contributed by atoms with E-state index in [4.69, 9.17) is 4.74 Å². The van der Waals surface area contributed by atoms with Crippen LogP contribution in [0, 0.1) is 0 Å². The molecule has 0 aromatic heterocycles. The van der Waals surface area contributed by atoms with Crippen molar-refractivity contribution in [3.8, 4) is 16.9 Å². The highest BCUT2D eigenvalue weighted by Crippen LogP contribution is 2.34.